The average molecular weight is 257 g/mol. The quantitative estimate of drug-likeness (QED) is 0.894. The Kier molecular flexibility index (Phi) is 3.70. The minimum atomic E-state index is 0.0465. The van der Waals surface area contributed by atoms with Crippen LogP contribution in [0.25, 0.3) is 0 Å². The molecule has 2 aromatic rings. The Hall–Kier alpha value is -0.480. The van der Waals surface area contributed by atoms with Crippen molar-refractivity contribution in [3.05, 3.63) is 46.3 Å². The largest absolute Gasteiger partial charge is 0.392 e. The lowest BCUT2D eigenvalue weighted by molar-refractivity contribution is 0.279. The van der Waals surface area contributed by atoms with E-state index in [1.165, 1.54) is 4.21 Å². The number of hydrogen-bond acceptors (Lipinski definition) is 3. The number of aliphatic hydroxyl groups excluding tert-OH is 1. The van der Waals surface area contributed by atoms with Crippen molar-refractivity contribution < 1.29 is 5.11 Å². The standard InChI is InChI=1S/C11H9ClOS2/c12-9-4-3-8(7-13)10(6-9)15-11-2-1-5-14-11/h1-6,13H,7H2. The number of aliphatic hydroxyl groups is 1. The fourth-order valence-corrected chi connectivity index (χ4v) is 3.31. The summed E-state index contributed by atoms with van der Waals surface area (Å²) >= 11 is 9.24. The van der Waals surface area contributed by atoms with E-state index in [0.717, 1.165) is 10.5 Å². The Balaban J connectivity index is 2.30. The normalized spacial score (nSPS) is 10.5. The number of halogens is 1. The maximum Gasteiger partial charge on any atom is 0.0692 e. The van der Waals surface area contributed by atoms with Crippen molar-refractivity contribution in [1.29, 1.82) is 0 Å². The van der Waals surface area contributed by atoms with Crippen LogP contribution in [0.1, 0.15) is 5.56 Å². The number of benzene rings is 1. The third-order valence-electron chi connectivity index (χ3n) is 1.91. The van der Waals surface area contributed by atoms with Crippen LogP contribution in [0, 0.1) is 0 Å². The molecule has 0 fully saturated rings. The highest BCUT2D eigenvalue weighted by molar-refractivity contribution is 8.01. The summed E-state index contributed by atoms with van der Waals surface area (Å²) in [5.41, 5.74) is 0.915. The van der Waals surface area contributed by atoms with Crippen LogP contribution in [0.3, 0.4) is 0 Å². The summed E-state index contributed by atoms with van der Waals surface area (Å²) in [6.45, 7) is 0.0465. The van der Waals surface area contributed by atoms with Gasteiger partial charge in [0.2, 0.25) is 0 Å². The fraction of sp³-hybridized carbons (Fsp3) is 0.0909. The SMILES string of the molecule is OCc1ccc(Cl)cc1Sc1cccs1. The molecule has 0 amide bonds. The third kappa shape index (κ3) is 2.75. The van der Waals surface area contributed by atoms with Crippen LogP contribution in [0.15, 0.2) is 44.8 Å². The highest BCUT2D eigenvalue weighted by atomic mass is 35.5. The van der Waals surface area contributed by atoms with Crippen LogP contribution in [-0.2, 0) is 6.61 Å². The fourth-order valence-electron chi connectivity index (χ4n) is 1.18. The second-order valence-electron chi connectivity index (χ2n) is 2.94. The second-order valence-corrected chi connectivity index (χ2v) is 5.67. The summed E-state index contributed by atoms with van der Waals surface area (Å²) in [4.78, 5) is 1.02. The van der Waals surface area contributed by atoms with E-state index in [1.807, 2.05) is 23.6 Å². The summed E-state index contributed by atoms with van der Waals surface area (Å²) in [6, 6.07) is 9.61. The molecular weight excluding hydrogens is 248 g/mol. The van der Waals surface area contributed by atoms with Crippen molar-refractivity contribution in [2.75, 3.05) is 0 Å². The molecule has 0 aliphatic carbocycles. The summed E-state index contributed by atoms with van der Waals surface area (Å²) in [5, 5.41) is 11.9. The predicted molar refractivity (Wildman–Crippen MR) is 65.8 cm³/mol. The molecule has 1 N–H and O–H groups in total. The highest BCUT2D eigenvalue weighted by Gasteiger charge is 2.05. The highest BCUT2D eigenvalue weighted by Crippen LogP contribution is 2.34. The lowest BCUT2D eigenvalue weighted by Gasteiger charge is -2.05. The van der Waals surface area contributed by atoms with Crippen LogP contribution in [0.4, 0.5) is 0 Å². The maximum absolute atomic E-state index is 9.18. The molecule has 15 heavy (non-hydrogen) atoms. The molecule has 1 nitrogen and oxygen atoms in total. The van der Waals surface area contributed by atoms with Gasteiger partial charge in [0, 0.05) is 9.92 Å². The van der Waals surface area contributed by atoms with Gasteiger partial charge in [0.15, 0.2) is 0 Å². The van der Waals surface area contributed by atoms with Crippen molar-refractivity contribution >= 4 is 34.7 Å². The van der Waals surface area contributed by atoms with E-state index in [2.05, 4.69) is 6.07 Å². The lowest BCUT2D eigenvalue weighted by Crippen LogP contribution is -1.86. The van der Waals surface area contributed by atoms with Gasteiger partial charge in [-0.15, -0.1) is 11.3 Å². The minimum absolute atomic E-state index is 0.0465. The Morgan fingerprint density at radius 3 is 2.87 bits per heavy atom. The number of rotatable bonds is 3. The van der Waals surface area contributed by atoms with Crippen molar-refractivity contribution in [3.63, 3.8) is 0 Å². The lowest BCUT2D eigenvalue weighted by atomic mass is 10.2. The zero-order valence-corrected chi connectivity index (χ0v) is 10.2. The van der Waals surface area contributed by atoms with E-state index in [1.54, 1.807) is 29.2 Å². The zero-order chi connectivity index (χ0) is 10.7. The molecule has 0 bridgehead atoms. The van der Waals surface area contributed by atoms with E-state index >= 15 is 0 Å². The summed E-state index contributed by atoms with van der Waals surface area (Å²) in [6.07, 6.45) is 0. The monoisotopic (exact) mass is 256 g/mol. The molecule has 0 spiro atoms. The Bertz CT molecular complexity index is 440. The van der Waals surface area contributed by atoms with Gasteiger partial charge in [0.1, 0.15) is 0 Å². The smallest absolute Gasteiger partial charge is 0.0692 e. The van der Waals surface area contributed by atoms with Gasteiger partial charge in [0.25, 0.3) is 0 Å². The third-order valence-corrected chi connectivity index (χ3v) is 4.28. The molecular formula is C11H9ClOS2. The molecule has 1 aromatic heterocycles. The van der Waals surface area contributed by atoms with Crippen LogP contribution < -0.4 is 0 Å². The summed E-state index contributed by atoms with van der Waals surface area (Å²) in [7, 11) is 0. The van der Waals surface area contributed by atoms with E-state index in [4.69, 9.17) is 11.6 Å². The number of hydrogen-bond donors (Lipinski definition) is 1. The van der Waals surface area contributed by atoms with Gasteiger partial charge in [-0.2, -0.15) is 0 Å². The van der Waals surface area contributed by atoms with Crippen LogP contribution in [0.2, 0.25) is 5.02 Å². The first kappa shape index (κ1) is 11.0. The molecule has 4 heteroatoms. The molecule has 0 aliphatic rings. The second kappa shape index (κ2) is 5.03. The predicted octanol–water partition coefficient (Wildman–Crippen LogP) is 4.05. The average Bonchev–Trinajstić information content (AvgIpc) is 2.71. The summed E-state index contributed by atoms with van der Waals surface area (Å²) < 4.78 is 1.20. The Labute approximate surface area is 102 Å². The molecule has 1 heterocycles. The van der Waals surface area contributed by atoms with E-state index in [9.17, 15) is 5.11 Å². The van der Waals surface area contributed by atoms with Crippen LogP contribution in [0.5, 0.6) is 0 Å². The van der Waals surface area contributed by atoms with E-state index in [0.29, 0.717) is 5.02 Å². The van der Waals surface area contributed by atoms with Gasteiger partial charge in [0.05, 0.1) is 10.8 Å². The van der Waals surface area contributed by atoms with Crippen molar-refractivity contribution in [3.8, 4) is 0 Å². The minimum Gasteiger partial charge on any atom is -0.392 e. The molecule has 0 atom stereocenters. The maximum atomic E-state index is 9.18. The molecule has 0 aliphatic heterocycles. The number of thiophene rings is 1. The zero-order valence-electron chi connectivity index (χ0n) is 7.81. The molecule has 78 valence electrons. The van der Waals surface area contributed by atoms with Gasteiger partial charge in [-0.25, -0.2) is 0 Å². The van der Waals surface area contributed by atoms with E-state index in [-0.39, 0.29) is 6.61 Å². The van der Waals surface area contributed by atoms with Gasteiger partial charge in [-0.3, -0.25) is 0 Å². The Morgan fingerprint density at radius 1 is 1.33 bits per heavy atom. The van der Waals surface area contributed by atoms with Crippen molar-refractivity contribution in [2.24, 2.45) is 0 Å². The molecule has 1 aromatic carbocycles. The van der Waals surface area contributed by atoms with Gasteiger partial charge in [-0.1, -0.05) is 35.5 Å². The molecule has 2 rings (SSSR count). The first-order chi connectivity index (χ1) is 7.29. The van der Waals surface area contributed by atoms with Gasteiger partial charge >= 0.3 is 0 Å². The van der Waals surface area contributed by atoms with Crippen molar-refractivity contribution in [1.82, 2.24) is 0 Å². The molecule has 0 saturated heterocycles. The van der Waals surface area contributed by atoms with Gasteiger partial charge < -0.3 is 5.11 Å². The first-order valence-electron chi connectivity index (χ1n) is 4.40. The summed E-state index contributed by atoms with van der Waals surface area (Å²) in [5.74, 6) is 0. The Morgan fingerprint density at radius 2 is 2.20 bits per heavy atom. The molecule has 0 radical (unpaired) electrons. The topological polar surface area (TPSA) is 20.2 Å². The van der Waals surface area contributed by atoms with E-state index < -0.39 is 0 Å². The molecule has 0 unspecified atom stereocenters. The molecule has 0 saturated carbocycles. The first-order valence-corrected chi connectivity index (χ1v) is 6.47. The van der Waals surface area contributed by atoms with Crippen LogP contribution in [-0.4, -0.2) is 5.11 Å². The van der Waals surface area contributed by atoms with Crippen LogP contribution >= 0.6 is 34.7 Å². The van der Waals surface area contributed by atoms with Gasteiger partial charge in [-0.05, 0) is 29.1 Å². The van der Waals surface area contributed by atoms with Crippen molar-refractivity contribution in [2.45, 2.75) is 15.7 Å².